The largest absolute Gasteiger partial charge is 0.449 e. The fourth-order valence-corrected chi connectivity index (χ4v) is 4.95. The highest BCUT2D eigenvalue weighted by Crippen LogP contribution is 2.28. The van der Waals surface area contributed by atoms with Crippen LogP contribution in [0, 0.1) is 0 Å². The first-order valence-corrected chi connectivity index (χ1v) is 11.9. The van der Waals surface area contributed by atoms with E-state index >= 15 is 0 Å². The SMILES string of the molecule is C[C@@H](OC(=O)c1ccc(Cl)cc1)C(=O)Nc1cc(S(=O)(=O)N2CCCCC2)ccc1Cl. The maximum atomic E-state index is 12.9. The van der Waals surface area contributed by atoms with E-state index in [1.807, 2.05) is 0 Å². The maximum absolute atomic E-state index is 12.9. The number of hydrogen-bond acceptors (Lipinski definition) is 5. The minimum absolute atomic E-state index is 0.0416. The Hall–Kier alpha value is -2.13. The summed E-state index contributed by atoms with van der Waals surface area (Å²) in [6.45, 7) is 2.33. The minimum Gasteiger partial charge on any atom is -0.449 e. The highest BCUT2D eigenvalue weighted by atomic mass is 35.5. The van der Waals surface area contributed by atoms with Crippen molar-refractivity contribution in [2.24, 2.45) is 0 Å². The summed E-state index contributed by atoms with van der Waals surface area (Å²) in [5.41, 5.74) is 0.371. The van der Waals surface area contributed by atoms with Crippen LogP contribution in [-0.4, -0.2) is 43.8 Å². The Balaban J connectivity index is 1.71. The lowest BCUT2D eigenvalue weighted by atomic mass is 10.2. The number of hydrogen-bond donors (Lipinski definition) is 1. The molecule has 10 heteroatoms. The Morgan fingerprint density at radius 2 is 1.68 bits per heavy atom. The third-order valence-corrected chi connectivity index (χ3v) is 7.36. The summed E-state index contributed by atoms with van der Waals surface area (Å²) in [6.07, 6.45) is 1.49. The molecule has 1 N–H and O–H groups in total. The van der Waals surface area contributed by atoms with E-state index in [0.717, 1.165) is 19.3 Å². The first kappa shape index (κ1) is 23.5. The van der Waals surface area contributed by atoms with Crippen molar-refractivity contribution in [1.82, 2.24) is 4.31 Å². The van der Waals surface area contributed by atoms with E-state index in [2.05, 4.69) is 5.32 Å². The van der Waals surface area contributed by atoms with Crippen LogP contribution in [-0.2, 0) is 19.6 Å². The van der Waals surface area contributed by atoms with Crippen LogP contribution in [0.3, 0.4) is 0 Å². The first-order chi connectivity index (χ1) is 14.7. The quantitative estimate of drug-likeness (QED) is 0.615. The second-order valence-electron chi connectivity index (χ2n) is 7.15. The van der Waals surface area contributed by atoms with Gasteiger partial charge in [-0.25, -0.2) is 13.2 Å². The molecule has 2 aromatic carbocycles. The molecule has 166 valence electrons. The molecule has 0 spiro atoms. The molecule has 1 heterocycles. The Labute approximate surface area is 191 Å². The van der Waals surface area contributed by atoms with Gasteiger partial charge in [0.15, 0.2) is 6.10 Å². The number of piperidine rings is 1. The zero-order valence-electron chi connectivity index (χ0n) is 16.8. The molecule has 0 radical (unpaired) electrons. The predicted molar refractivity (Wildman–Crippen MR) is 119 cm³/mol. The normalized spacial score (nSPS) is 15.8. The van der Waals surface area contributed by atoms with Gasteiger partial charge in [-0.05, 0) is 62.2 Å². The molecule has 1 atom stereocenters. The number of benzene rings is 2. The van der Waals surface area contributed by atoms with Crippen LogP contribution in [0.25, 0.3) is 0 Å². The van der Waals surface area contributed by atoms with Crippen LogP contribution >= 0.6 is 23.2 Å². The van der Waals surface area contributed by atoms with E-state index in [1.165, 1.54) is 53.7 Å². The summed E-state index contributed by atoms with van der Waals surface area (Å²) in [7, 11) is -3.69. The van der Waals surface area contributed by atoms with Gasteiger partial charge in [0.1, 0.15) is 0 Å². The van der Waals surface area contributed by atoms with Crippen molar-refractivity contribution in [3.8, 4) is 0 Å². The third kappa shape index (κ3) is 5.77. The van der Waals surface area contributed by atoms with Crippen LogP contribution in [0.4, 0.5) is 5.69 Å². The number of rotatable bonds is 6. The van der Waals surface area contributed by atoms with Crippen molar-refractivity contribution in [3.05, 3.63) is 58.1 Å². The fraction of sp³-hybridized carbons (Fsp3) is 0.333. The van der Waals surface area contributed by atoms with Crippen LogP contribution in [0.15, 0.2) is 47.4 Å². The van der Waals surface area contributed by atoms with Crippen LogP contribution in [0.5, 0.6) is 0 Å². The van der Waals surface area contributed by atoms with Gasteiger partial charge in [-0.2, -0.15) is 4.31 Å². The van der Waals surface area contributed by atoms with Gasteiger partial charge in [-0.3, -0.25) is 4.79 Å². The number of halogens is 2. The molecule has 2 aromatic rings. The summed E-state index contributed by atoms with van der Waals surface area (Å²) in [6, 6.07) is 10.2. The van der Waals surface area contributed by atoms with Gasteiger partial charge in [0.2, 0.25) is 10.0 Å². The molecule has 0 aromatic heterocycles. The van der Waals surface area contributed by atoms with Crippen molar-refractivity contribution in [1.29, 1.82) is 0 Å². The predicted octanol–water partition coefficient (Wildman–Crippen LogP) is 4.35. The van der Waals surface area contributed by atoms with Gasteiger partial charge in [-0.15, -0.1) is 0 Å². The van der Waals surface area contributed by atoms with Gasteiger partial charge in [0.25, 0.3) is 5.91 Å². The number of sulfonamides is 1. The number of ether oxygens (including phenoxy) is 1. The zero-order valence-corrected chi connectivity index (χ0v) is 19.1. The topological polar surface area (TPSA) is 92.8 Å². The molecule has 0 saturated carbocycles. The molecule has 1 saturated heterocycles. The molecule has 0 bridgehead atoms. The van der Waals surface area contributed by atoms with Gasteiger partial charge in [-0.1, -0.05) is 29.6 Å². The van der Waals surface area contributed by atoms with Crippen molar-refractivity contribution in [3.63, 3.8) is 0 Å². The molecule has 1 amide bonds. The number of nitrogens with one attached hydrogen (secondary N) is 1. The number of nitrogens with zero attached hydrogens (tertiary/aromatic N) is 1. The Morgan fingerprint density at radius 1 is 1.03 bits per heavy atom. The molecule has 3 rings (SSSR count). The molecular weight excluding hydrogens is 463 g/mol. The number of carbonyl (C=O) groups is 2. The summed E-state index contributed by atoms with van der Waals surface area (Å²) in [5, 5.41) is 3.18. The molecule has 1 aliphatic heterocycles. The molecule has 31 heavy (non-hydrogen) atoms. The lowest BCUT2D eigenvalue weighted by molar-refractivity contribution is -0.123. The van der Waals surface area contributed by atoms with Gasteiger partial charge < -0.3 is 10.1 Å². The molecule has 7 nitrogen and oxygen atoms in total. The van der Waals surface area contributed by atoms with Crippen molar-refractivity contribution in [2.75, 3.05) is 18.4 Å². The van der Waals surface area contributed by atoms with Crippen LogP contribution in [0.1, 0.15) is 36.5 Å². The minimum atomic E-state index is -3.69. The second kappa shape index (κ2) is 9.99. The zero-order chi connectivity index (χ0) is 22.6. The summed E-state index contributed by atoms with van der Waals surface area (Å²) >= 11 is 12.0. The Morgan fingerprint density at radius 3 is 2.32 bits per heavy atom. The van der Waals surface area contributed by atoms with E-state index in [4.69, 9.17) is 27.9 Å². The number of carbonyl (C=O) groups excluding carboxylic acids is 2. The Bertz CT molecular complexity index is 1070. The van der Waals surface area contributed by atoms with E-state index in [-0.39, 0.29) is 21.2 Å². The molecule has 0 aliphatic carbocycles. The molecule has 1 aliphatic rings. The lowest BCUT2D eigenvalue weighted by Gasteiger charge is -2.26. The van der Waals surface area contributed by atoms with Crippen molar-refractivity contribution in [2.45, 2.75) is 37.2 Å². The summed E-state index contributed by atoms with van der Waals surface area (Å²) in [5.74, 6) is -1.33. The molecule has 0 unspecified atom stereocenters. The van der Waals surface area contributed by atoms with Crippen molar-refractivity contribution < 1.29 is 22.7 Å². The smallest absolute Gasteiger partial charge is 0.338 e. The fourth-order valence-electron chi connectivity index (χ4n) is 3.12. The number of amides is 1. The van der Waals surface area contributed by atoms with E-state index in [0.29, 0.717) is 18.1 Å². The van der Waals surface area contributed by atoms with Gasteiger partial charge in [0.05, 0.1) is 21.2 Å². The average Bonchev–Trinajstić information content (AvgIpc) is 2.76. The van der Waals surface area contributed by atoms with Gasteiger partial charge >= 0.3 is 5.97 Å². The highest BCUT2D eigenvalue weighted by Gasteiger charge is 2.27. The van der Waals surface area contributed by atoms with Crippen LogP contribution < -0.4 is 5.32 Å². The summed E-state index contributed by atoms with van der Waals surface area (Å²) < 4.78 is 32.4. The third-order valence-electron chi connectivity index (χ3n) is 4.88. The first-order valence-electron chi connectivity index (χ1n) is 9.75. The molecular formula is C21H22Cl2N2O5S. The average molecular weight is 485 g/mol. The standard InChI is InChI=1S/C21H22Cl2N2O5S/c1-14(30-21(27)15-5-7-16(22)8-6-15)20(26)24-19-13-17(9-10-18(19)23)31(28,29)25-11-3-2-4-12-25/h5-10,13-14H,2-4,11-12H2,1H3,(H,24,26)/t14-/m1/s1. The van der Waals surface area contributed by atoms with E-state index in [9.17, 15) is 18.0 Å². The summed E-state index contributed by atoms with van der Waals surface area (Å²) in [4.78, 5) is 24.8. The number of esters is 1. The van der Waals surface area contributed by atoms with E-state index in [1.54, 1.807) is 0 Å². The van der Waals surface area contributed by atoms with Crippen LogP contribution in [0.2, 0.25) is 10.0 Å². The monoisotopic (exact) mass is 484 g/mol. The van der Waals surface area contributed by atoms with Gasteiger partial charge in [0, 0.05) is 18.1 Å². The number of anilines is 1. The van der Waals surface area contributed by atoms with Crippen molar-refractivity contribution >= 4 is 50.8 Å². The Kier molecular flexibility index (Phi) is 7.59. The lowest BCUT2D eigenvalue weighted by Crippen LogP contribution is -2.35. The van der Waals surface area contributed by atoms with E-state index < -0.39 is 28.0 Å². The highest BCUT2D eigenvalue weighted by molar-refractivity contribution is 7.89. The molecule has 1 fully saturated rings. The second-order valence-corrected chi connectivity index (χ2v) is 9.93. The maximum Gasteiger partial charge on any atom is 0.338 e.